The number of hydrogen-bond acceptors (Lipinski definition) is 2. The molecule has 19 heavy (non-hydrogen) atoms. The first-order chi connectivity index (χ1) is 9.26. The first-order valence-corrected chi connectivity index (χ1v) is 6.59. The smallest absolute Gasteiger partial charge is 0.167 e. The van der Waals surface area contributed by atoms with E-state index in [1.807, 2.05) is 42.7 Å². The lowest BCUT2D eigenvalue weighted by Gasteiger charge is -2.04. The van der Waals surface area contributed by atoms with Crippen molar-refractivity contribution in [3.63, 3.8) is 0 Å². The number of benzene rings is 1. The highest BCUT2D eigenvalue weighted by Gasteiger charge is 2.30. The van der Waals surface area contributed by atoms with Gasteiger partial charge in [-0.05, 0) is 36.6 Å². The number of methoxy groups -OCH3 is 1. The van der Waals surface area contributed by atoms with Crippen molar-refractivity contribution < 1.29 is 9.53 Å². The Morgan fingerprint density at radius 2 is 2.00 bits per heavy atom. The molecule has 3 rings (SSSR count). The maximum Gasteiger partial charge on any atom is 0.167 e. The summed E-state index contributed by atoms with van der Waals surface area (Å²) in [5, 5.41) is 0. The monoisotopic (exact) mass is 255 g/mol. The lowest BCUT2D eigenvalue weighted by molar-refractivity contribution is 0.0967. The molecule has 1 aromatic carbocycles. The molecular weight excluding hydrogens is 238 g/mol. The average molecular weight is 255 g/mol. The zero-order valence-corrected chi connectivity index (χ0v) is 11.0. The highest BCUT2D eigenvalue weighted by atomic mass is 16.5. The zero-order chi connectivity index (χ0) is 13.2. The van der Waals surface area contributed by atoms with Gasteiger partial charge in [0.2, 0.25) is 0 Å². The van der Waals surface area contributed by atoms with Crippen LogP contribution in [0.3, 0.4) is 0 Å². The van der Waals surface area contributed by atoms with Crippen molar-refractivity contribution >= 4 is 5.78 Å². The highest BCUT2D eigenvalue weighted by molar-refractivity contribution is 5.99. The third-order valence-corrected chi connectivity index (χ3v) is 3.51. The molecule has 1 aliphatic carbocycles. The quantitative estimate of drug-likeness (QED) is 0.769. The minimum atomic E-state index is 0.289. The Morgan fingerprint density at radius 1 is 1.26 bits per heavy atom. The fourth-order valence-electron chi connectivity index (χ4n) is 2.21. The van der Waals surface area contributed by atoms with Crippen LogP contribution in [0.25, 0.3) is 0 Å². The lowest BCUT2D eigenvalue weighted by Crippen LogP contribution is -2.00. The largest absolute Gasteiger partial charge is 0.497 e. The minimum Gasteiger partial charge on any atom is -0.497 e. The second kappa shape index (κ2) is 4.92. The van der Waals surface area contributed by atoms with E-state index in [0.29, 0.717) is 5.78 Å². The third-order valence-electron chi connectivity index (χ3n) is 3.51. The van der Waals surface area contributed by atoms with Gasteiger partial charge in [0.1, 0.15) is 5.75 Å². The van der Waals surface area contributed by atoms with Crippen LogP contribution in [0.2, 0.25) is 0 Å². The van der Waals surface area contributed by atoms with Crippen molar-refractivity contribution in [1.82, 2.24) is 4.57 Å². The lowest BCUT2D eigenvalue weighted by atomic mass is 10.1. The van der Waals surface area contributed by atoms with Crippen molar-refractivity contribution in [3.8, 4) is 5.75 Å². The van der Waals surface area contributed by atoms with Crippen LogP contribution in [0.1, 0.15) is 28.8 Å². The van der Waals surface area contributed by atoms with Gasteiger partial charge in [0.15, 0.2) is 5.78 Å². The second-order valence-corrected chi connectivity index (χ2v) is 5.06. The first-order valence-electron chi connectivity index (χ1n) is 6.59. The molecule has 0 unspecified atom stereocenters. The SMILES string of the molecule is COc1ccc(Cn2ccc(C(=O)C3CC3)c2)cc1. The minimum absolute atomic E-state index is 0.289. The second-order valence-electron chi connectivity index (χ2n) is 5.06. The maximum atomic E-state index is 11.9. The van der Waals surface area contributed by atoms with E-state index in [0.717, 1.165) is 30.7 Å². The summed E-state index contributed by atoms with van der Waals surface area (Å²) < 4.78 is 7.19. The predicted molar refractivity (Wildman–Crippen MR) is 73.6 cm³/mol. The van der Waals surface area contributed by atoms with Gasteiger partial charge in [-0.2, -0.15) is 0 Å². The molecule has 0 N–H and O–H groups in total. The molecule has 3 nitrogen and oxygen atoms in total. The van der Waals surface area contributed by atoms with E-state index in [-0.39, 0.29) is 5.92 Å². The van der Waals surface area contributed by atoms with E-state index < -0.39 is 0 Å². The van der Waals surface area contributed by atoms with Crippen LogP contribution in [0.15, 0.2) is 42.7 Å². The van der Waals surface area contributed by atoms with E-state index in [9.17, 15) is 4.79 Å². The average Bonchev–Trinajstić information content (AvgIpc) is 3.19. The number of nitrogens with zero attached hydrogens (tertiary/aromatic N) is 1. The van der Waals surface area contributed by atoms with E-state index in [1.54, 1.807) is 7.11 Å². The molecule has 0 saturated heterocycles. The summed E-state index contributed by atoms with van der Waals surface area (Å²) in [6.07, 6.45) is 6.04. The number of carbonyl (C=O) groups is 1. The van der Waals surface area contributed by atoms with Gasteiger partial charge in [-0.3, -0.25) is 4.79 Å². The summed E-state index contributed by atoms with van der Waals surface area (Å²) in [5.41, 5.74) is 2.04. The normalized spacial score (nSPS) is 14.4. The van der Waals surface area contributed by atoms with Gasteiger partial charge in [-0.15, -0.1) is 0 Å². The van der Waals surface area contributed by atoms with Crippen LogP contribution in [0.4, 0.5) is 0 Å². The molecular formula is C16H17NO2. The van der Waals surface area contributed by atoms with Crippen LogP contribution in [-0.2, 0) is 6.54 Å². The molecule has 0 atom stereocenters. The summed E-state index contributed by atoms with van der Waals surface area (Å²) in [6, 6.07) is 9.91. The van der Waals surface area contributed by atoms with E-state index in [2.05, 4.69) is 4.57 Å². The number of ether oxygens (including phenoxy) is 1. The molecule has 1 saturated carbocycles. The fourth-order valence-corrected chi connectivity index (χ4v) is 2.21. The van der Waals surface area contributed by atoms with Crippen molar-refractivity contribution in [2.75, 3.05) is 7.11 Å². The van der Waals surface area contributed by atoms with Gasteiger partial charge < -0.3 is 9.30 Å². The van der Waals surface area contributed by atoms with Gasteiger partial charge in [-0.1, -0.05) is 12.1 Å². The maximum absolute atomic E-state index is 11.9. The number of hydrogen-bond donors (Lipinski definition) is 0. The van der Waals surface area contributed by atoms with E-state index in [4.69, 9.17) is 4.74 Å². The van der Waals surface area contributed by atoms with E-state index >= 15 is 0 Å². The number of carbonyl (C=O) groups excluding carboxylic acids is 1. The van der Waals surface area contributed by atoms with Gasteiger partial charge >= 0.3 is 0 Å². The number of rotatable bonds is 5. The molecule has 0 radical (unpaired) electrons. The van der Waals surface area contributed by atoms with Crippen LogP contribution in [0.5, 0.6) is 5.75 Å². The fraction of sp³-hybridized carbons (Fsp3) is 0.312. The van der Waals surface area contributed by atoms with Gasteiger partial charge in [0.25, 0.3) is 0 Å². The van der Waals surface area contributed by atoms with Crippen LogP contribution in [-0.4, -0.2) is 17.5 Å². The Labute approximate surface area is 112 Å². The Morgan fingerprint density at radius 3 is 2.63 bits per heavy atom. The highest BCUT2D eigenvalue weighted by Crippen LogP contribution is 2.32. The summed E-state index contributed by atoms with van der Waals surface area (Å²) in [4.78, 5) is 11.9. The molecule has 1 aliphatic rings. The standard InChI is InChI=1S/C16H17NO2/c1-19-15-6-2-12(3-7-15)10-17-9-8-14(11-17)16(18)13-4-5-13/h2-3,6-9,11,13H,4-5,10H2,1H3. The number of Topliss-reactive ketones (excluding diaryl/α,β-unsaturated/α-hetero) is 1. The Bertz CT molecular complexity index is 579. The molecule has 2 aromatic rings. The van der Waals surface area contributed by atoms with Crippen LogP contribution < -0.4 is 4.74 Å². The van der Waals surface area contributed by atoms with Crippen molar-refractivity contribution in [2.24, 2.45) is 5.92 Å². The van der Waals surface area contributed by atoms with Gasteiger partial charge in [0, 0.05) is 30.4 Å². The molecule has 0 amide bonds. The summed E-state index contributed by atoms with van der Waals surface area (Å²) in [6.45, 7) is 0.780. The number of ketones is 1. The molecule has 0 spiro atoms. The molecule has 3 heteroatoms. The summed E-state index contributed by atoms with van der Waals surface area (Å²) in [7, 11) is 1.66. The Kier molecular flexibility index (Phi) is 3.11. The molecule has 1 heterocycles. The Hall–Kier alpha value is -2.03. The van der Waals surface area contributed by atoms with Crippen molar-refractivity contribution in [1.29, 1.82) is 0 Å². The van der Waals surface area contributed by atoms with Crippen molar-refractivity contribution in [3.05, 3.63) is 53.9 Å². The van der Waals surface area contributed by atoms with Gasteiger partial charge in [-0.25, -0.2) is 0 Å². The Balaban J connectivity index is 1.70. The first kappa shape index (κ1) is 12.0. The topological polar surface area (TPSA) is 31.2 Å². The molecule has 1 aromatic heterocycles. The third kappa shape index (κ3) is 2.70. The van der Waals surface area contributed by atoms with Crippen LogP contribution >= 0.6 is 0 Å². The number of aromatic nitrogens is 1. The predicted octanol–water partition coefficient (Wildman–Crippen LogP) is 3.14. The molecule has 1 fully saturated rings. The summed E-state index contributed by atoms with van der Waals surface area (Å²) >= 11 is 0. The summed E-state index contributed by atoms with van der Waals surface area (Å²) in [5.74, 6) is 1.45. The van der Waals surface area contributed by atoms with Crippen LogP contribution in [0, 0.1) is 5.92 Å². The molecule has 98 valence electrons. The zero-order valence-electron chi connectivity index (χ0n) is 11.0. The molecule has 0 aliphatic heterocycles. The van der Waals surface area contributed by atoms with Gasteiger partial charge in [0.05, 0.1) is 7.11 Å². The molecule has 0 bridgehead atoms. The van der Waals surface area contributed by atoms with Crippen molar-refractivity contribution in [2.45, 2.75) is 19.4 Å². The van der Waals surface area contributed by atoms with E-state index in [1.165, 1.54) is 5.56 Å².